The zero-order valence-corrected chi connectivity index (χ0v) is 74.0. The lowest BCUT2D eigenvalue weighted by Crippen LogP contribution is -2.13. The Hall–Kier alpha value is -7.69. The number of aryl methyl sites for hydroxylation is 2. The molecule has 0 spiro atoms. The Morgan fingerprint density at radius 1 is 0.324 bits per heavy atom. The number of unbranched alkanes of at least 4 members (excludes halogenated alkanes) is 2. The van der Waals surface area contributed by atoms with Crippen LogP contribution in [0.25, 0.3) is 32.3 Å². The largest absolute Gasteiger partial charge is 0.166 e. The van der Waals surface area contributed by atoms with E-state index in [9.17, 15) is 0 Å². The quantitative estimate of drug-likeness (QED) is 0.0609. The van der Waals surface area contributed by atoms with Crippen LogP contribution in [0, 0.1) is 13.8 Å². The second-order valence-electron chi connectivity index (χ2n) is 30.4. The fraction of sp³-hybridized carbons (Fsp3) is 0.250. The van der Waals surface area contributed by atoms with Gasteiger partial charge in [-0.15, -0.1) is 11.8 Å². The predicted molar refractivity (Wildman–Crippen MR) is 503 cm³/mol. The van der Waals surface area contributed by atoms with E-state index >= 15 is 0 Å². The van der Waals surface area contributed by atoms with Crippen LogP contribution in [-0.4, -0.2) is 48.0 Å². The molecule has 0 nitrogen and oxygen atoms in total. The fourth-order valence-electron chi connectivity index (χ4n) is 13.3. The van der Waals surface area contributed by atoms with Crippen LogP contribution < -0.4 is 0 Å². The molecule has 1 fully saturated rings. The highest BCUT2D eigenvalue weighted by atomic mass is 32.2. The molecule has 7 heteroatoms. The van der Waals surface area contributed by atoms with Crippen molar-refractivity contribution in [2.75, 3.05) is 48.0 Å². The topological polar surface area (TPSA) is 0 Å². The molecule has 0 radical (unpaired) electrons. The lowest BCUT2D eigenvalue weighted by Gasteiger charge is -2.20. The first kappa shape index (κ1) is 85.7. The monoisotopic (exact) mass is 1590 g/mol. The summed E-state index contributed by atoms with van der Waals surface area (Å²) >= 11 is 1.79. The van der Waals surface area contributed by atoms with Gasteiger partial charge in [-0.2, -0.15) is 0 Å². The molecule has 1 aliphatic heterocycles. The molecule has 0 bridgehead atoms. The number of hydrogen-bond donors (Lipinski definition) is 0. The van der Waals surface area contributed by atoms with Crippen LogP contribution in [0.15, 0.2) is 398 Å². The first-order valence-corrected chi connectivity index (χ1v) is 49.9. The van der Waals surface area contributed by atoms with Gasteiger partial charge in [0.2, 0.25) is 0 Å². The minimum Gasteiger partial charge on any atom is -0.130 e. The highest BCUT2D eigenvalue weighted by molar-refractivity contribution is 7.99. The van der Waals surface area contributed by atoms with E-state index in [-0.39, 0.29) is 43.5 Å². The Morgan fingerprint density at radius 2 is 0.640 bits per heavy atom. The molecule has 1 atom stereocenters. The van der Waals surface area contributed by atoms with Gasteiger partial charge in [0.05, 0.1) is 32.7 Å². The Labute approximate surface area is 690 Å². The zero-order valence-electron chi connectivity index (χ0n) is 68.3. The summed E-state index contributed by atoms with van der Waals surface area (Å²) in [4.78, 5) is 17.0. The molecule has 0 aliphatic carbocycles. The highest BCUT2D eigenvalue weighted by Crippen LogP contribution is 2.37. The van der Waals surface area contributed by atoms with Gasteiger partial charge in [0.15, 0.2) is 53.9 Å². The standard InChI is InChI=1S/C26H31S.C20H19S.C18H25S.C14H15S2.C14H15S.C12H13S/c1-25(2,3)20-12-16-23(17-13-20)27(22-10-8-7-9-11-22)24-18-14-21(15-19-24)26(4,5)6;1-16-8-12-19(13-9-16)21(18-6-4-3-5-7-18)20-14-10-17(2)11-15-20;1-3-5-14-19(15-6-4-2)18-13-9-11-16-10-7-8-12-17(16)18;1-15-12-8-10-14(11-9-12)16(2)13-6-4-3-5-7-13;1-2-8-13-12(6-1)7-5-9-14(13)15-10-3-4-11-15;1-13(2)12-9-5-7-10-6-3-4-8-11(10)12/h7-19H,1-6H3;3-15H,1-2H3;7-13H,3-6,14-15H2,1-2H3;3-11H,1-2H3;1-2,5-9H,3-4,10-11H2;3-9H,1-2H3/q6*+1. The van der Waals surface area contributed by atoms with Gasteiger partial charge in [0.25, 0.3) is 0 Å². The molecule has 111 heavy (non-hydrogen) atoms. The van der Waals surface area contributed by atoms with Gasteiger partial charge in [0.1, 0.15) is 41.8 Å². The third-order valence-corrected chi connectivity index (χ3v) is 33.2. The second-order valence-corrected chi connectivity index (χ2v) is 43.8. The third kappa shape index (κ3) is 25.2. The summed E-state index contributed by atoms with van der Waals surface area (Å²) in [6.45, 7) is 22.5. The number of benzene rings is 14. The van der Waals surface area contributed by atoms with Crippen molar-refractivity contribution in [3.05, 3.63) is 362 Å². The molecule has 570 valence electrons. The molecule has 15 rings (SSSR count). The molecule has 1 saturated heterocycles. The Kier molecular flexibility index (Phi) is 33.6. The minimum absolute atomic E-state index is 0.0312. The fourth-order valence-corrected chi connectivity index (χ4v) is 25.4. The van der Waals surface area contributed by atoms with E-state index in [0.29, 0.717) is 32.7 Å². The number of fused-ring (bicyclic) bond motifs is 3. The molecule has 14 aromatic rings. The van der Waals surface area contributed by atoms with Crippen LogP contribution in [0.4, 0.5) is 0 Å². The Balaban J connectivity index is 0.000000144. The molecular weight excluding hydrogens is 1470 g/mol. The van der Waals surface area contributed by atoms with Crippen molar-refractivity contribution in [1.29, 1.82) is 0 Å². The zero-order chi connectivity index (χ0) is 78.5. The van der Waals surface area contributed by atoms with Crippen molar-refractivity contribution in [3.63, 3.8) is 0 Å². The molecule has 14 aromatic carbocycles. The first-order valence-electron chi connectivity index (χ1n) is 39.5. The average molecular weight is 1590 g/mol. The summed E-state index contributed by atoms with van der Waals surface area (Å²) < 4.78 is 0. The highest BCUT2D eigenvalue weighted by Gasteiger charge is 2.32. The lowest BCUT2D eigenvalue weighted by atomic mass is 9.87. The molecule has 0 amide bonds. The minimum atomic E-state index is -0.0847. The number of hydrogen-bond acceptors (Lipinski definition) is 1. The van der Waals surface area contributed by atoms with Crippen molar-refractivity contribution in [3.8, 4) is 0 Å². The molecule has 0 saturated carbocycles. The lowest BCUT2D eigenvalue weighted by molar-refractivity contribution is 0.589. The van der Waals surface area contributed by atoms with E-state index in [0.717, 1.165) is 0 Å². The van der Waals surface area contributed by atoms with Crippen molar-refractivity contribution < 1.29 is 0 Å². The van der Waals surface area contributed by atoms with E-state index in [1.807, 2.05) is 0 Å². The summed E-state index contributed by atoms with van der Waals surface area (Å²) in [6.07, 6.45) is 17.1. The molecule has 1 heterocycles. The maximum absolute atomic E-state index is 2.36. The van der Waals surface area contributed by atoms with E-state index in [1.54, 1.807) is 21.6 Å². The van der Waals surface area contributed by atoms with Crippen LogP contribution in [0.3, 0.4) is 0 Å². The van der Waals surface area contributed by atoms with Gasteiger partial charge in [-0.05, 0) is 229 Å². The predicted octanol–water partition coefficient (Wildman–Crippen LogP) is 29.0. The normalized spacial score (nSPS) is 12.4. The molecule has 1 unspecified atom stereocenters. The maximum Gasteiger partial charge on any atom is 0.166 e. The van der Waals surface area contributed by atoms with Gasteiger partial charge in [0, 0.05) is 53.7 Å². The Bertz CT molecular complexity index is 4900. The SMILES string of the molecule is CC(C)(C)c1ccc([S+](c2ccccc2)c2ccc(C(C)(C)C)cc2)cc1.CCCC[S+](CCCC)c1cccc2ccccc12.CSc1ccc([S+](C)c2ccccc2)cc1.C[S+](C)c1cccc2ccccc12.Cc1ccc([S+](c2ccccc2)c2ccc(C)cc2)cc1.c1ccc2c([S+]3CCCC3)cccc2c1. The van der Waals surface area contributed by atoms with E-state index in [2.05, 4.69) is 434 Å². The van der Waals surface area contributed by atoms with Crippen LogP contribution >= 0.6 is 11.8 Å². The average Bonchev–Trinajstić information content (AvgIpc) is 1.74. The maximum atomic E-state index is 2.36. The first-order chi connectivity index (χ1) is 53.8. The van der Waals surface area contributed by atoms with Gasteiger partial charge in [-0.25, -0.2) is 0 Å². The van der Waals surface area contributed by atoms with Crippen molar-refractivity contribution in [2.45, 2.75) is 177 Å². The Morgan fingerprint density at radius 3 is 1.04 bits per heavy atom. The van der Waals surface area contributed by atoms with Crippen molar-refractivity contribution in [2.24, 2.45) is 0 Å². The summed E-state index contributed by atoms with van der Waals surface area (Å²) in [5, 5.41) is 8.49. The van der Waals surface area contributed by atoms with Crippen LogP contribution in [0.5, 0.6) is 0 Å². The number of rotatable bonds is 18. The second kappa shape index (κ2) is 43.5. The summed E-state index contributed by atoms with van der Waals surface area (Å²) in [5.41, 5.74) is 5.73. The van der Waals surface area contributed by atoms with Gasteiger partial charge < -0.3 is 0 Å². The number of thioether (sulfide) groups is 1. The van der Waals surface area contributed by atoms with E-state index < -0.39 is 0 Å². The van der Waals surface area contributed by atoms with Crippen molar-refractivity contribution >= 4 is 109 Å². The molecule has 0 aromatic heterocycles. The smallest absolute Gasteiger partial charge is 0.130 e. The van der Waals surface area contributed by atoms with Crippen LogP contribution in [0.2, 0.25) is 0 Å². The van der Waals surface area contributed by atoms with Crippen LogP contribution in [-0.2, 0) is 76.2 Å². The molecule has 1 aliphatic rings. The third-order valence-electron chi connectivity index (χ3n) is 19.7. The van der Waals surface area contributed by atoms with Gasteiger partial charge in [-0.3, -0.25) is 0 Å². The van der Waals surface area contributed by atoms with E-state index in [4.69, 9.17) is 0 Å². The van der Waals surface area contributed by atoms with Gasteiger partial charge in [-0.1, -0.05) is 273 Å². The summed E-state index contributed by atoms with van der Waals surface area (Å²) in [7, 11) is 1.39. The van der Waals surface area contributed by atoms with Gasteiger partial charge >= 0.3 is 0 Å². The summed E-state index contributed by atoms with van der Waals surface area (Å²) in [6, 6.07) is 124. The van der Waals surface area contributed by atoms with E-state index in [1.165, 1.54) is 165 Å². The van der Waals surface area contributed by atoms with Crippen molar-refractivity contribution in [1.82, 2.24) is 0 Å². The molecular formula is C104H118S7+6. The van der Waals surface area contributed by atoms with Crippen LogP contribution in [0.1, 0.15) is 116 Å². The summed E-state index contributed by atoms with van der Waals surface area (Å²) in [5.74, 6) is 5.55. The molecule has 0 N–H and O–H groups in total.